The third-order valence-electron chi connectivity index (χ3n) is 2.83. The summed E-state index contributed by atoms with van der Waals surface area (Å²) in [6.07, 6.45) is -0.181. The molecule has 0 aromatic heterocycles. The van der Waals surface area contributed by atoms with E-state index in [4.69, 9.17) is 14.6 Å². The van der Waals surface area contributed by atoms with E-state index in [0.29, 0.717) is 0 Å². The lowest BCUT2D eigenvalue weighted by molar-refractivity contribution is -0.137. The lowest BCUT2D eigenvalue weighted by Gasteiger charge is -2.12. The molecule has 20 heavy (non-hydrogen) atoms. The number of carbonyl (C=O) groups excluding carboxylic acids is 1. The predicted molar refractivity (Wildman–Crippen MR) is 69.9 cm³/mol. The molecule has 6 heteroatoms. The van der Waals surface area contributed by atoms with E-state index in [1.807, 2.05) is 0 Å². The minimum atomic E-state index is -0.988. The summed E-state index contributed by atoms with van der Waals surface area (Å²) in [4.78, 5) is 22.6. The highest BCUT2D eigenvalue weighted by atomic mass is 19.1. The first-order valence-corrected chi connectivity index (χ1v) is 6.05. The third-order valence-corrected chi connectivity index (χ3v) is 2.83. The molecule has 0 aliphatic rings. The zero-order valence-corrected chi connectivity index (χ0v) is 11.6. The number of aliphatic carboxylic acids is 1. The largest absolute Gasteiger partial charge is 0.493 e. The van der Waals surface area contributed by atoms with Gasteiger partial charge in [-0.25, -0.2) is 4.39 Å². The smallest absolute Gasteiger partial charge is 0.303 e. The molecular weight excluding hydrogens is 267 g/mol. The van der Waals surface area contributed by atoms with Crippen molar-refractivity contribution in [2.24, 2.45) is 5.92 Å². The van der Waals surface area contributed by atoms with Crippen molar-refractivity contribution >= 4 is 11.8 Å². The molecule has 1 aromatic carbocycles. The summed E-state index contributed by atoms with van der Waals surface area (Å²) in [5.74, 6) is -2.08. The fourth-order valence-corrected chi connectivity index (χ4v) is 1.86. The standard InChI is InChI=1S/C14H17FO5/c1-8(5-14(17)18)4-11(16)9-6-12(19-2)13(20-3)7-10(9)15/h6-8H,4-5H2,1-3H3,(H,17,18). The van der Waals surface area contributed by atoms with Gasteiger partial charge in [-0.1, -0.05) is 6.92 Å². The van der Waals surface area contributed by atoms with Crippen LogP contribution >= 0.6 is 0 Å². The number of ketones is 1. The molecule has 0 amide bonds. The van der Waals surface area contributed by atoms with E-state index >= 15 is 0 Å². The number of ether oxygens (including phenoxy) is 2. The molecule has 0 saturated carbocycles. The Morgan fingerprint density at radius 3 is 2.25 bits per heavy atom. The Hall–Kier alpha value is -2.11. The van der Waals surface area contributed by atoms with E-state index in [1.54, 1.807) is 6.92 Å². The Kier molecular flexibility index (Phi) is 5.49. The molecule has 5 nitrogen and oxygen atoms in total. The molecule has 1 aromatic rings. The van der Waals surface area contributed by atoms with E-state index < -0.39 is 17.6 Å². The van der Waals surface area contributed by atoms with Crippen LogP contribution in [0.3, 0.4) is 0 Å². The highest BCUT2D eigenvalue weighted by Crippen LogP contribution is 2.30. The van der Waals surface area contributed by atoms with Crippen LogP contribution in [0, 0.1) is 11.7 Å². The van der Waals surface area contributed by atoms with E-state index in [9.17, 15) is 14.0 Å². The number of hydrogen-bond donors (Lipinski definition) is 1. The van der Waals surface area contributed by atoms with Crippen LogP contribution in [0.15, 0.2) is 12.1 Å². The van der Waals surface area contributed by atoms with Crippen LogP contribution in [0.4, 0.5) is 4.39 Å². The van der Waals surface area contributed by atoms with Crippen molar-refractivity contribution in [3.8, 4) is 11.5 Å². The van der Waals surface area contributed by atoms with Crippen LogP contribution in [0.5, 0.6) is 11.5 Å². The van der Waals surface area contributed by atoms with Crippen LogP contribution in [0.25, 0.3) is 0 Å². The molecule has 0 aliphatic heterocycles. The zero-order valence-electron chi connectivity index (χ0n) is 11.6. The number of carboxylic acid groups (broad SMARTS) is 1. The number of halogens is 1. The van der Waals surface area contributed by atoms with E-state index in [2.05, 4.69) is 0 Å². The van der Waals surface area contributed by atoms with Crippen molar-refractivity contribution in [3.63, 3.8) is 0 Å². The second-order valence-electron chi connectivity index (χ2n) is 4.52. The Balaban J connectivity index is 2.95. The monoisotopic (exact) mass is 284 g/mol. The summed E-state index contributed by atoms with van der Waals surface area (Å²) in [5, 5.41) is 8.65. The first-order chi connectivity index (χ1) is 9.38. The van der Waals surface area contributed by atoms with Gasteiger partial charge in [0.2, 0.25) is 0 Å². The summed E-state index contributed by atoms with van der Waals surface area (Å²) in [7, 11) is 2.75. The van der Waals surface area contributed by atoms with Crippen LogP contribution in [0.2, 0.25) is 0 Å². The van der Waals surface area contributed by atoms with Gasteiger partial charge in [0.25, 0.3) is 0 Å². The van der Waals surface area contributed by atoms with Gasteiger partial charge in [0.05, 0.1) is 19.8 Å². The Bertz CT molecular complexity index is 513. The minimum Gasteiger partial charge on any atom is -0.493 e. The lowest BCUT2D eigenvalue weighted by Crippen LogP contribution is -2.12. The van der Waals surface area contributed by atoms with Gasteiger partial charge in [-0.3, -0.25) is 9.59 Å². The average molecular weight is 284 g/mol. The second-order valence-corrected chi connectivity index (χ2v) is 4.52. The highest BCUT2D eigenvalue weighted by molar-refractivity contribution is 5.97. The van der Waals surface area contributed by atoms with Crippen molar-refractivity contribution in [3.05, 3.63) is 23.5 Å². The van der Waals surface area contributed by atoms with Gasteiger partial charge in [-0.15, -0.1) is 0 Å². The molecule has 1 atom stereocenters. The van der Waals surface area contributed by atoms with Gasteiger partial charge < -0.3 is 14.6 Å². The predicted octanol–water partition coefficient (Wildman–Crippen LogP) is 2.53. The number of methoxy groups -OCH3 is 2. The van der Waals surface area contributed by atoms with E-state index in [1.165, 1.54) is 20.3 Å². The fraction of sp³-hybridized carbons (Fsp3) is 0.429. The minimum absolute atomic E-state index is 0.0430. The molecule has 0 heterocycles. The maximum absolute atomic E-state index is 13.8. The van der Waals surface area contributed by atoms with Gasteiger partial charge in [-0.2, -0.15) is 0 Å². The SMILES string of the molecule is COc1cc(F)c(C(=O)CC(C)CC(=O)O)cc1OC. The van der Waals surface area contributed by atoms with Crippen LogP contribution in [-0.2, 0) is 4.79 Å². The molecule has 0 bridgehead atoms. The number of Topliss-reactive ketones (excluding diaryl/α,β-unsaturated/α-hetero) is 1. The lowest BCUT2D eigenvalue weighted by atomic mass is 9.96. The fourth-order valence-electron chi connectivity index (χ4n) is 1.86. The zero-order chi connectivity index (χ0) is 15.3. The molecule has 0 aliphatic carbocycles. The maximum atomic E-state index is 13.8. The van der Waals surface area contributed by atoms with Gasteiger partial charge in [0.15, 0.2) is 17.3 Å². The van der Waals surface area contributed by atoms with Crippen LogP contribution in [0.1, 0.15) is 30.1 Å². The molecule has 0 spiro atoms. The summed E-state index contributed by atoms with van der Waals surface area (Å²) >= 11 is 0. The number of hydrogen-bond acceptors (Lipinski definition) is 4. The number of rotatable bonds is 7. The van der Waals surface area contributed by atoms with Crippen LogP contribution in [-0.4, -0.2) is 31.1 Å². The molecule has 0 saturated heterocycles. The van der Waals surface area contributed by atoms with Gasteiger partial charge in [0, 0.05) is 18.9 Å². The van der Waals surface area contributed by atoms with Crippen LogP contribution < -0.4 is 9.47 Å². The van der Waals surface area contributed by atoms with Gasteiger partial charge >= 0.3 is 5.97 Å². The Morgan fingerprint density at radius 2 is 1.75 bits per heavy atom. The molecule has 0 fully saturated rings. The molecule has 0 radical (unpaired) electrons. The summed E-state index contributed by atoms with van der Waals surface area (Å²) in [5.41, 5.74) is -0.125. The molecule has 1 unspecified atom stereocenters. The highest BCUT2D eigenvalue weighted by Gasteiger charge is 2.20. The van der Waals surface area contributed by atoms with Crippen molar-refractivity contribution in [1.82, 2.24) is 0 Å². The number of benzene rings is 1. The van der Waals surface area contributed by atoms with Gasteiger partial charge in [0.1, 0.15) is 5.82 Å². The Morgan fingerprint density at radius 1 is 1.20 bits per heavy atom. The van der Waals surface area contributed by atoms with Crippen molar-refractivity contribution in [2.45, 2.75) is 19.8 Å². The van der Waals surface area contributed by atoms with Gasteiger partial charge in [-0.05, 0) is 12.0 Å². The summed E-state index contributed by atoms with van der Waals surface area (Å²) in [6, 6.07) is 2.35. The molecule has 1 N–H and O–H groups in total. The van der Waals surface area contributed by atoms with Crippen molar-refractivity contribution in [1.29, 1.82) is 0 Å². The first kappa shape index (κ1) is 15.9. The third kappa shape index (κ3) is 3.94. The molecule has 110 valence electrons. The quantitative estimate of drug-likeness (QED) is 0.779. The van der Waals surface area contributed by atoms with Crippen molar-refractivity contribution in [2.75, 3.05) is 14.2 Å². The maximum Gasteiger partial charge on any atom is 0.303 e. The topological polar surface area (TPSA) is 72.8 Å². The first-order valence-electron chi connectivity index (χ1n) is 6.05. The average Bonchev–Trinajstić information content (AvgIpc) is 2.36. The molecular formula is C14H17FO5. The Labute approximate surface area is 116 Å². The summed E-state index contributed by atoms with van der Waals surface area (Å²) in [6.45, 7) is 1.63. The van der Waals surface area contributed by atoms with E-state index in [-0.39, 0.29) is 35.8 Å². The van der Waals surface area contributed by atoms with Crippen molar-refractivity contribution < 1.29 is 28.6 Å². The number of carbonyl (C=O) groups is 2. The second kappa shape index (κ2) is 6.88. The van der Waals surface area contributed by atoms with E-state index in [0.717, 1.165) is 6.07 Å². The summed E-state index contributed by atoms with van der Waals surface area (Å²) < 4.78 is 23.8. The number of carboxylic acids is 1. The molecule has 1 rings (SSSR count). The normalized spacial score (nSPS) is 11.8.